The van der Waals surface area contributed by atoms with Gasteiger partial charge in [-0.3, -0.25) is 9.36 Å². The summed E-state index contributed by atoms with van der Waals surface area (Å²) < 4.78 is 12.4. The molecule has 0 amide bonds. The van der Waals surface area contributed by atoms with Crippen molar-refractivity contribution < 1.29 is 19.4 Å². The molecule has 2 rings (SSSR count). The first-order valence-corrected chi connectivity index (χ1v) is 8.61. The standard InChI is InChI=1S/C14H20NO4P/c16-14(17)13(11-7-3-1-4-8-11)15-20(18,19)12-9-5-2-6-10-12/h1,3-4,7-8,12-13H,2,5-6,9-10H2,(H,16,17)(H2,15,18,19). The number of aliphatic carboxylic acids is 1. The van der Waals surface area contributed by atoms with Gasteiger partial charge >= 0.3 is 5.97 Å². The average molecular weight is 297 g/mol. The molecule has 20 heavy (non-hydrogen) atoms. The van der Waals surface area contributed by atoms with Gasteiger partial charge in [-0.05, 0) is 18.4 Å². The largest absolute Gasteiger partial charge is 0.480 e. The summed E-state index contributed by atoms with van der Waals surface area (Å²) in [6.07, 6.45) is 4.31. The highest BCUT2D eigenvalue weighted by Crippen LogP contribution is 2.50. The van der Waals surface area contributed by atoms with E-state index in [-0.39, 0.29) is 5.66 Å². The highest BCUT2D eigenvalue weighted by Gasteiger charge is 2.36. The minimum Gasteiger partial charge on any atom is -0.480 e. The van der Waals surface area contributed by atoms with E-state index in [9.17, 15) is 19.4 Å². The number of benzene rings is 1. The maximum atomic E-state index is 12.4. The van der Waals surface area contributed by atoms with E-state index in [2.05, 4.69) is 5.09 Å². The van der Waals surface area contributed by atoms with Crippen molar-refractivity contribution in [2.75, 3.05) is 0 Å². The molecule has 2 unspecified atom stereocenters. The van der Waals surface area contributed by atoms with Crippen LogP contribution >= 0.6 is 7.52 Å². The van der Waals surface area contributed by atoms with Crippen LogP contribution < -0.4 is 5.09 Å². The lowest BCUT2D eigenvalue weighted by atomic mass is 10.0. The van der Waals surface area contributed by atoms with Crippen LogP contribution in [0.25, 0.3) is 0 Å². The van der Waals surface area contributed by atoms with Gasteiger partial charge in [0.1, 0.15) is 6.04 Å². The lowest BCUT2D eigenvalue weighted by molar-refractivity contribution is -0.139. The van der Waals surface area contributed by atoms with Crippen LogP contribution in [0.5, 0.6) is 0 Å². The molecule has 0 bridgehead atoms. The van der Waals surface area contributed by atoms with E-state index < -0.39 is 19.5 Å². The number of carboxylic acid groups (broad SMARTS) is 1. The summed E-state index contributed by atoms with van der Waals surface area (Å²) in [6.45, 7) is 0. The second kappa shape index (κ2) is 6.53. The Labute approximate surface area is 118 Å². The lowest BCUT2D eigenvalue weighted by Crippen LogP contribution is -2.30. The fourth-order valence-corrected chi connectivity index (χ4v) is 4.54. The number of nitrogens with one attached hydrogen (secondary N) is 1. The molecule has 6 heteroatoms. The molecule has 3 N–H and O–H groups in total. The fraction of sp³-hybridized carbons (Fsp3) is 0.500. The van der Waals surface area contributed by atoms with Crippen LogP contribution in [0.1, 0.15) is 43.7 Å². The molecular formula is C14H20NO4P. The number of rotatable bonds is 5. The number of hydrogen-bond acceptors (Lipinski definition) is 2. The third kappa shape index (κ3) is 3.69. The van der Waals surface area contributed by atoms with Gasteiger partial charge in [-0.2, -0.15) is 0 Å². The van der Waals surface area contributed by atoms with Gasteiger partial charge < -0.3 is 10.00 Å². The maximum absolute atomic E-state index is 12.4. The van der Waals surface area contributed by atoms with Crippen LogP contribution in [0.2, 0.25) is 0 Å². The first kappa shape index (κ1) is 15.2. The van der Waals surface area contributed by atoms with Crippen LogP contribution in [0.15, 0.2) is 30.3 Å². The molecule has 0 aromatic heterocycles. The lowest BCUT2D eigenvalue weighted by Gasteiger charge is -2.29. The molecule has 0 spiro atoms. The molecule has 5 nitrogen and oxygen atoms in total. The van der Waals surface area contributed by atoms with Crippen molar-refractivity contribution in [2.45, 2.75) is 43.8 Å². The van der Waals surface area contributed by atoms with Crippen molar-refractivity contribution in [3.8, 4) is 0 Å². The van der Waals surface area contributed by atoms with E-state index in [0.29, 0.717) is 18.4 Å². The number of carbonyl (C=O) groups is 1. The number of carboxylic acids is 1. The van der Waals surface area contributed by atoms with Crippen molar-refractivity contribution in [1.29, 1.82) is 0 Å². The van der Waals surface area contributed by atoms with Gasteiger partial charge in [0.05, 0.1) is 0 Å². The van der Waals surface area contributed by atoms with Crippen LogP contribution in [-0.4, -0.2) is 21.6 Å². The molecule has 0 radical (unpaired) electrons. The molecule has 1 aromatic carbocycles. The van der Waals surface area contributed by atoms with Crippen molar-refractivity contribution >= 4 is 13.5 Å². The van der Waals surface area contributed by atoms with E-state index in [4.69, 9.17) is 0 Å². The second-order valence-corrected chi connectivity index (χ2v) is 7.46. The predicted octanol–water partition coefficient (Wildman–Crippen LogP) is 2.92. The zero-order valence-corrected chi connectivity index (χ0v) is 12.1. The van der Waals surface area contributed by atoms with E-state index in [1.165, 1.54) is 0 Å². The fourth-order valence-electron chi connectivity index (χ4n) is 2.64. The quantitative estimate of drug-likeness (QED) is 0.727. The Kier molecular flexibility index (Phi) is 4.97. The Morgan fingerprint density at radius 2 is 1.80 bits per heavy atom. The van der Waals surface area contributed by atoms with Crippen molar-refractivity contribution in [3.05, 3.63) is 35.9 Å². The SMILES string of the molecule is O=C(O)C(NP(=O)(O)C1CCCCC1)c1ccccc1. The molecule has 0 saturated heterocycles. The van der Waals surface area contributed by atoms with Gasteiger partial charge in [-0.15, -0.1) is 0 Å². The highest BCUT2D eigenvalue weighted by molar-refractivity contribution is 7.56. The molecule has 1 aliphatic rings. The average Bonchev–Trinajstić information content (AvgIpc) is 2.46. The second-order valence-electron chi connectivity index (χ2n) is 5.23. The first-order chi connectivity index (χ1) is 9.50. The monoisotopic (exact) mass is 297 g/mol. The normalized spacial score (nSPS) is 21.1. The summed E-state index contributed by atoms with van der Waals surface area (Å²) in [4.78, 5) is 21.6. The van der Waals surface area contributed by atoms with Gasteiger partial charge in [0.25, 0.3) is 7.52 Å². The van der Waals surface area contributed by atoms with Gasteiger partial charge in [0, 0.05) is 5.66 Å². The molecule has 0 aliphatic heterocycles. The summed E-state index contributed by atoms with van der Waals surface area (Å²) in [7, 11) is -3.67. The van der Waals surface area contributed by atoms with E-state index in [1.807, 2.05) is 0 Å². The molecule has 1 saturated carbocycles. The van der Waals surface area contributed by atoms with E-state index in [0.717, 1.165) is 19.3 Å². The molecule has 0 heterocycles. The summed E-state index contributed by atoms with van der Waals surface area (Å²) in [5, 5.41) is 11.8. The smallest absolute Gasteiger partial charge is 0.325 e. The van der Waals surface area contributed by atoms with Crippen LogP contribution in [0.4, 0.5) is 0 Å². The summed E-state index contributed by atoms with van der Waals surface area (Å²) in [6, 6.07) is 7.36. The Hall–Kier alpha value is -1.16. The molecule has 1 aliphatic carbocycles. The van der Waals surface area contributed by atoms with Crippen LogP contribution in [-0.2, 0) is 9.36 Å². The molecule has 1 fully saturated rings. The summed E-state index contributed by atoms with van der Waals surface area (Å²) in [5.41, 5.74) is 0.159. The highest BCUT2D eigenvalue weighted by atomic mass is 31.2. The van der Waals surface area contributed by atoms with Gasteiger partial charge in [-0.1, -0.05) is 49.6 Å². The minimum absolute atomic E-state index is 0.332. The minimum atomic E-state index is -3.67. The Balaban J connectivity index is 2.15. The molecular weight excluding hydrogens is 277 g/mol. The Morgan fingerprint density at radius 3 is 2.35 bits per heavy atom. The zero-order chi connectivity index (χ0) is 14.6. The third-order valence-corrected chi connectivity index (χ3v) is 5.90. The Morgan fingerprint density at radius 1 is 1.20 bits per heavy atom. The van der Waals surface area contributed by atoms with E-state index >= 15 is 0 Å². The summed E-state index contributed by atoms with van der Waals surface area (Å²) in [5.74, 6) is -1.14. The zero-order valence-electron chi connectivity index (χ0n) is 11.2. The molecule has 2 atom stereocenters. The van der Waals surface area contributed by atoms with Crippen LogP contribution in [0, 0.1) is 0 Å². The summed E-state index contributed by atoms with van der Waals surface area (Å²) >= 11 is 0. The Bertz CT molecular complexity index is 499. The topological polar surface area (TPSA) is 86.6 Å². The third-order valence-electron chi connectivity index (χ3n) is 3.76. The van der Waals surface area contributed by atoms with Crippen molar-refractivity contribution in [1.82, 2.24) is 5.09 Å². The maximum Gasteiger partial charge on any atom is 0.325 e. The van der Waals surface area contributed by atoms with Crippen molar-refractivity contribution in [3.63, 3.8) is 0 Å². The van der Waals surface area contributed by atoms with E-state index in [1.54, 1.807) is 30.3 Å². The predicted molar refractivity (Wildman–Crippen MR) is 76.7 cm³/mol. The number of hydrogen-bond donors (Lipinski definition) is 3. The van der Waals surface area contributed by atoms with Gasteiger partial charge in [0.15, 0.2) is 0 Å². The van der Waals surface area contributed by atoms with Crippen LogP contribution in [0.3, 0.4) is 0 Å². The van der Waals surface area contributed by atoms with Crippen molar-refractivity contribution in [2.24, 2.45) is 0 Å². The molecule has 1 aromatic rings. The first-order valence-electron chi connectivity index (χ1n) is 6.89. The molecule has 110 valence electrons. The van der Waals surface area contributed by atoms with Gasteiger partial charge in [0.2, 0.25) is 0 Å². The van der Waals surface area contributed by atoms with Gasteiger partial charge in [-0.25, -0.2) is 5.09 Å².